The van der Waals surface area contributed by atoms with Crippen LogP contribution in [0, 0.1) is 6.92 Å². The fraction of sp³-hybridized carbons (Fsp3) is 0.304. The van der Waals surface area contributed by atoms with E-state index in [1.54, 1.807) is 18.1 Å². The topological polar surface area (TPSA) is 59.8 Å². The molecule has 0 saturated carbocycles. The highest BCUT2D eigenvalue weighted by atomic mass is 35.5. The zero-order valence-electron chi connectivity index (χ0n) is 16.5. The summed E-state index contributed by atoms with van der Waals surface area (Å²) < 4.78 is 10.7. The lowest BCUT2D eigenvalue weighted by atomic mass is 9.99. The number of hydrogen-bond donors (Lipinski definition) is 0. The summed E-state index contributed by atoms with van der Waals surface area (Å²) in [4.78, 5) is 27.3. The van der Waals surface area contributed by atoms with E-state index in [1.807, 2.05) is 37.3 Å². The van der Waals surface area contributed by atoms with E-state index >= 15 is 0 Å². The predicted octanol–water partition coefficient (Wildman–Crippen LogP) is 4.68. The molecule has 4 rings (SSSR count). The smallest absolute Gasteiger partial charge is 0.339 e. The first-order chi connectivity index (χ1) is 14.0. The summed E-state index contributed by atoms with van der Waals surface area (Å²) in [5.74, 6) is 0.633. The highest BCUT2D eigenvalue weighted by Gasteiger charge is 2.23. The van der Waals surface area contributed by atoms with E-state index in [1.165, 1.54) is 0 Å². The Balaban J connectivity index is 1.57. The number of ether oxygens (including phenoxy) is 1. The van der Waals surface area contributed by atoms with Gasteiger partial charge < -0.3 is 14.1 Å². The number of methoxy groups -OCH3 is 1. The van der Waals surface area contributed by atoms with Gasteiger partial charge >= 0.3 is 5.63 Å². The van der Waals surface area contributed by atoms with Crippen molar-refractivity contribution in [3.63, 3.8) is 0 Å². The van der Waals surface area contributed by atoms with Crippen LogP contribution in [0.25, 0.3) is 11.0 Å². The quantitative estimate of drug-likeness (QED) is 0.585. The van der Waals surface area contributed by atoms with Crippen molar-refractivity contribution in [1.29, 1.82) is 0 Å². The molecule has 3 aromatic rings. The van der Waals surface area contributed by atoms with Gasteiger partial charge in [-0.05, 0) is 67.6 Å². The number of nitrogens with zero attached hydrogens (tertiary/aromatic N) is 1. The molecule has 2 aromatic carbocycles. The summed E-state index contributed by atoms with van der Waals surface area (Å²) in [5.41, 5.74) is 3.49. The molecule has 0 N–H and O–H groups in total. The number of aryl methyl sites for hydroxylation is 2. The third-order valence-electron chi connectivity index (χ3n) is 5.54. The largest absolute Gasteiger partial charge is 0.497 e. The Hall–Kier alpha value is -2.79. The average Bonchev–Trinajstić information content (AvgIpc) is 2.72. The minimum atomic E-state index is -0.401. The van der Waals surface area contributed by atoms with Gasteiger partial charge in [-0.2, -0.15) is 0 Å². The minimum Gasteiger partial charge on any atom is -0.497 e. The van der Waals surface area contributed by atoms with Crippen LogP contribution < -0.4 is 15.3 Å². The van der Waals surface area contributed by atoms with Crippen LogP contribution in [-0.4, -0.2) is 19.6 Å². The molecule has 5 nitrogen and oxygen atoms in total. The third-order valence-corrected chi connectivity index (χ3v) is 5.78. The van der Waals surface area contributed by atoms with Crippen LogP contribution in [0.5, 0.6) is 5.75 Å². The number of hydrogen-bond acceptors (Lipinski definition) is 4. The molecule has 29 heavy (non-hydrogen) atoms. The molecule has 1 aromatic heterocycles. The standard InChI is InChI=1S/C23H22ClNO4/c1-14-18-7-6-17(28-2)13-21(18)29-23(27)19(14)8-10-22(26)25-11-3-4-15-12-16(24)5-9-20(15)25/h5-7,9,12-13H,3-4,8,10-11H2,1-2H3. The molecule has 1 aliphatic heterocycles. The van der Waals surface area contributed by atoms with Gasteiger partial charge in [0.15, 0.2) is 0 Å². The lowest BCUT2D eigenvalue weighted by Crippen LogP contribution is -2.35. The van der Waals surface area contributed by atoms with Gasteiger partial charge in [0.05, 0.1) is 7.11 Å². The van der Waals surface area contributed by atoms with Crippen LogP contribution in [0.15, 0.2) is 45.6 Å². The fourth-order valence-corrected chi connectivity index (χ4v) is 4.18. The van der Waals surface area contributed by atoms with Gasteiger partial charge in [0.25, 0.3) is 0 Å². The number of rotatable bonds is 4. The normalized spacial score (nSPS) is 13.4. The van der Waals surface area contributed by atoms with Gasteiger partial charge in [0.2, 0.25) is 5.91 Å². The molecule has 0 atom stereocenters. The minimum absolute atomic E-state index is 0.00176. The number of benzene rings is 2. The SMILES string of the molecule is COc1ccc2c(C)c(CCC(=O)N3CCCc4cc(Cl)ccc43)c(=O)oc2c1. The summed E-state index contributed by atoms with van der Waals surface area (Å²) in [5, 5.41) is 1.53. The first-order valence-corrected chi connectivity index (χ1v) is 10.0. The molecule has 0 bridgehead atoms. The lowest BCUT2D eigenvalue weighted by molar-refractivity contribution is -0.118. The van der Waals surface area contributed by atoms with Gasteiger partial charge in [0, 0.05) is 40.7 Å². The van der Waals surface area contributed by atoms with Crippen molar-refractivity contribution in [2.45, 2.75) is 32.6 Å². The molecule has 0 fully saturated rings. The highest BCUT2D eigenvalue weighted by Crippen LogP contribution is 2.30. The van der Waals surface area contributed by atoms with E-state index in [0.717, 1.165) is 35.0 Å². The monoisotopic (exact) mass is 411 g/mol. The van der Waals surface area contributed by atoms with Crippen molar-refractivity contribution in [3.8, 4) is 5.75 Å². The van der Waals surface area contributed by atoms with Crippen LogP contribution in [0.2, 0.25) is 5.02 Å². The number of fused-ring (bicyclic) bond motifs is 2. The Bertz CT molecular complexity index is 1150. The average molecular weight is 412 g/mol. The number of halogens is 1. The van der Waals surface area contributed by atoms with Gasteiger partial charge in [-0.1, -0.05) is 11.6 Å². The maximum Gasteiger partial charge on any atom is 0.339 e. The molecule has 0 unspecified atom stereocenters. The van der Waals surface area contributed by atoms with E-state index in [-0.39, 0.29) is 12.3 Å². The first-order valence-electron chi connectivity index (χ1n) is 9.67. The zero-order chi connectivity index (χ0) is 20.5. The Morgan fingerprint density at radius 2 is 2.07 bits per heavy atom. The molecule has 150 valence electrons. The molecule has 0 spiro atoms. The van der Waals surface area contributed by atoms with Gasteiger partial charge in [0.1, 0.15) is 11.3 Å². The summed E-state index contributed by atoms with van der Waals surface area (Å²) >= 11 is 6.09. The van der Waals surface area contributed by atoms with Crippen molar-refractivity contribution in [2.24, 2.45) is 0 Å². The van der Waals surface area contributed by atoms with Crippen molar-refractivity contribution in [1.82, 2.24) is 0 Å². The van der Waals surface area contributed by atoms with Crippen molar-refractivity contribution >= 4 is 34.2 Å². The van der Waals surface area contributed by atoms with E-state index in [0.29, 0.717) is 34.9 Å². The zero-order valence-corrected chi connectivity index (χ0v) is 17.2. The molecule has 1 aliphatic rings. The maximum absolute atomic E-state index is 12.9. The molecule has 1 amide bonds. The molecule has 0 radical (unpaired) electrons. The van der Waals surface area contributed by atoms with Crippen LogP contribution in [-0.2, 0) is 17.6 Å². The number of anilines is 1. The second-order valence-corrected chi connectivity index (χ2v) is 7.71. The summed E-state index contributed by atoms with van der Waals surface area (Å²) in [6.07, 6.45) is 2.40. The van der Waals surface area contributed by atoms with Crippen molar-refractivity contribution in [3.05, 3.63) is 68.5 Å². The molecular weight excluding hydrogens is 390 g/mol. The third kappa shape index (κ3) is 3.75. The van der Waals surface area contributed by atoms with Crippen LogP contribution >= 0.6 is 11.6 Å². The van der Waals surface area contributed by atoms with Crippen LogP contribution in [0.1, 0.15) is 29.5 Å². The van der Waals surface area contributed by atoms with Gasteiger partial charge in [-0.15, -0.1) is 0 Å². The van der Waals surface area contributed by atoms with Crippen LogP contribution in [0.3, 0.4) is 0 Å². The summed E-state index contributed by atoms with van der Waals surface area (Å²) in [7, 11) is 1.57. The molecule has 2 heterocycles. The first kappa shape index (κ1) is 19.5. The maximum atomic E-state index is 12.9. The second-order valence-electron chi connectivity index (χ2n) is 7.28. The Kier molecular flexibility index (Phi) is 5.33. The Morgan fingerprint density at radius 1 is 1.24 bits per heavy atom. The molecule has 0 aliphatic carbocycles. The number of carbonyl (C=O) groups excluding carboxylic acids is 1. The summed E-state index contributed by atoms with van der Waals surface area (Å²) in [6.45, 7) is 2.57. The van der Waals surface area contributed by atoms with Crippen LogP contribution in [0.4, 0.5) is 5.69 Å². The second kappa shape index (κ2) is 7.91. The molecular formula is C23H22ClNO4. The number of carbonyl (C=O) groups is 1. The predicted molar refractivity (Wildman–Crippen MR) is 114 cm³/mol. The number of amides is 1. The highest BCUT2D eigenvalue weighted by molar-refractivity contribution is 6.30. The van der Waals surface area contributed by atoms with E-state index in [9.17, 15) is 9.59 Å². The summed E-state index contributed by atoms with van der Waals surface area (Å²) in [6, 6.07) is 11.0. The van der Waals surface area contributed by atoms with E-state index < -0.39 is 5.63 Å². The molecule has 6 heteroatoms. The van der Waals surface area contributed by atoms with E-state index in [4.69, 9.17) is 20.8 Å². The van der Waals surface area contributed by atoms with Crippen molar-refractivity contribution in [2.75, 3.05) is 18.6 Å². The Morgan fingerprint density at radius 3 is 2.86 bits per heavy atom. The molecule has 0 saturated heterocycles. The fourth-order valence-electron chi connectivity index (χ4n) is 3.98. The van der Waals surface area contributed by atoms with Gasteiger partial charge in [-0.25, -0.2) is 4.79 Å². The van der Waals surface area contributed by atoms with Gasteiger partial charge in [-0.3, -0.25) is 4.79 Å². The van der Waals surface area contributed by atoms with Crippen molar-refractivity contribution < 1.29 is 13.9 Å². The Labute approximate surface area is 173 Å². The lowest BCUT2D eigenvalue weighted by Gasteiger charge is -2.29. The van der Waals surface area contributed by atoms with E-state index in [2.05, 4.69) is 0 Å².